The van der Waals surface area contributed by atoms with E-state index < -0.39 is 25.1 Å². The lowest BCUT2D eigenvalue weighted by Gasteiger charge is -2.22. The highest BCUT2D eigenvalue weighted by atomic mass is 35.5. The standard InChI is InChI=1S/C9H12ClN3O4S2/c10-8-5-11-6-9(12-8)13-19(16,17)7-1-3-18(14,15)4-2-7/h5-7H,1-4H2,(H,12,13). The molecule has 0 saturated carbocycles. The summed E-state index contributed by atoms with van der Waals surface area (Å²) in [5.74, 6) is -0.194. The first-order chi connectivity index (χ1) is 8.78. The normalized spacial score (nSPS) is 20.1. The van der Waals surface area contributed by atoms with Gasteiger partial charge in [-0.1, -0.05) is 11.6 Å². The average molecular weight is 326 g/mol. The number of aromatic nitrogens is 2. The van der Waals surface area contributed by atoms with Crippen LogP contribution in [0.25, 0.3) is 0 Å². The number of hydrogen-bond acceptors (Lipinski definition) is 6. The van der Waals surface area contributed by atoms with Gasteiger partial charge in [0.25, 0.3) is 0 Å². The molecule has 0 bridgehead atoms. The van der Waals surface area contributed by atoms with Crippen LogP contribution in [-0.2, 0) is 19.9 Å². The molecule has 1 fully saturated rings. The van der Waals surface area contributed by atoms with Crippen LogP contribution in [-0.4, -0.2) is 43.6 Å². The second kappa shape index (κ2) is 5.22. The maximum absolute atomic E-state index is 12.1. The molecule has 2 heterocycles. The van der Waals surface area contributed by atoms with E-state index in [1.54, 1.807) is 0 Å². The SMILES string of the molecule is O=S1(=O)CCC(S(=O)(=O)Nc2cncc(Cl)n2)CC1. The Bertz CT molecular complexity index is 660. The van der Waals surface area contributed by atoms with E-state index in [0.29, 0.717) is 0 Å². The summed E-state index contributed by atoms with van der Waals surface area (Å²) in [6.45, 7) is 0. The summed E-state index contributed by atoms with van der Waals surface area (Å²) in [4.78, 5) is 7.50. The Hall–Kier alpha value is -0.930. The predicted molar refractivity (Wildman–Crippen MR) is 71.3 cm³/mol. The van der Waals surface area contributed by atoms with Crippen LogP contribution in [0.3, 0.4) is 0 Å². The van der Waals surface area contributed by atoms with Crippen LogP contribution in [0, 0.1) is 0 Å². The number of sulfone groups is 1. The molecule has 0 radical (unpaired) electrons. The van der Waals surface area contributed by atoms with Crippen molar-refractivity contribution in [1.29, 1.82) is 0 Å². The Labute approximate surface area is 116 Å². The summed E-state index contributed by atoms with van der Waals surface area (Å²) in [5, 5.41) is -0.664. The highest BCUT2D eigenvalue weighted by Gasteiger charge is 2.33. The van der Waals surface area contributed by atoms with E-state index in [9.17, 15) is 16.8 Å². The molecule has 0 aliphatic carbocycles. The average Bonchev–Trinajstić information content (AvgIpc) is 2.27. The fraction of sp³-hybridized carbons (Fsp3) is 0.556. The molecule has 0 spiro atoms. The van der Waals surface area contributed by atoms with Crippen molar-refractivity contribution < 1.29 is 16.8 Å². The van der Waals surface area contributed by atoms with Crippen molar-refractivity contribution in [3.8, 4) is 0 Å². The first-order valence-electron chi connectivity index (χ1n) is 5.48. The summed E-state index contributed by atoms with van der Waals surface area (Å²) in [6.07, 6.45) is 2.70. The van der Waals surface area contributed by atoms with Crippen molar-refractivity contribution in [2.75, 3.05) is 16.2 Å². The Balaban J connectivity index is 2.11. The smallest absolute Gasteiger partial charge is 0.236 e. The maximum atomic E-state index is 12.1. The summed E-state index contributed by atoms with van der Waals surface area (Å²) < 4.78 is 48.9. The Morgan fingerprint density at radius 3 is 2.47 bits per heavy atom. The van der Waals surface area contributed by atoms with Crippen molar-refractivity contribution in [3.63, 3.8) is 0 Å². The van der Waals surface area contributed by atoms with E-state index in [0.717, 1.165) is 0 Å². The van der Waals surface area contributed by atoms with E-state index in [-0.39, 0.29) is 35.3 Å². The number of nitrogens with one attached hydrogen (secondary N) is 1. The van der Waals surface area contributed by atoms with Gasteiger partial charge in [-0.2, -0.15) is 0 Å². The molecule has 0 aromatic carbocycles. The predicted octanol–water partition coefficient (Wildman–Crippen LogP) is 0.449. The minimum absolute atomic E-state index is 0.0286. The molecule has 0 unspecified atom stereocenters. The van der Waals surface area contributed by atoms with Gasteiger partial charge in [-0.05, 0) is 12.8 Å². The zero-order chi connectivity index (χ0) is 14.1. The molecule has 2 rings (SSSR count). The van der Waals surface area contributed by atoms with Gasteiger partial charge in [0.1, 0.15) is 15.0 Å². The van der Waals surface area contributed by atoms with Gasteiger partial charge in [0.15, 0.2) is 5.82 Å². The van der Waals surface area contributed by atoms with Gasteiger partial charge < -0.3 is 0 Å². The Morgan fingerprint density at radius 2 is 1.89 bits per heavy atom. The zero-order valence-corrected chi connectivity index (χ0v) is 12.2. The van der Waals surface area contributed by atoms with Crippen LogP contribution in [0.4, 0.5) is 5.82 Å². The van der Waals surface area contributed by atoms with Gasteiger partial charge in [-0.15, -0.1) is 0 Å². The minimum Gasteiger partial charge on any atom is -0.266 e. The van der Waals surface area contributed by atoms with Crippen molar-refractivity contribution >= 4 is 37.3 Å². The van der Waals surface area contributed by atoms with Gasteiger partial charge >= 0.3 is 0 Å². The number of sulfonamides is 1. The topological polar surface area (TPSA) is 106 Å². The van der Waals surface area contributed by atoms with E-state index in [4.69, 9.17) is 11.6 Å². The molecule has 1 aromatic heterocycles. The molecule has 7 nitrogen and oxygen atoms in total. The second-order valence-corrected chi connectivity index (χ2v) is 8.88. The van der Waals surface area contributed by atoms with Gasteiger partial charge in [0.05, 0.1) is 29.1 Å². The quantitative estimate of drug-likeness (QED) is 0.864. The number of halogens is 1. The van der Waals surface area contributed by atoms with Crippen molar-refractivity contribution in [1.82, 2.24) is 9.97 Å². The Kier molecular flexibility index (Phi) is 3.98. The van der Waals surface area contributed by atoms with Crippen LogP contribution in [0.2, 0.25) is 5.15 Å². The van der Waals surface area contributed by atoms with Crippen LogP contribution in [0.1, 0.15) is 12.8 Å². The van der Waals surface area contributed by atoms with E-state index >= 15 is 0 Å². The third-order valence-corrected chi connectivity index (χ3v) is 6.53. The van der Waals surface area contributed by atoms with Crippen LogP contribution in [0.15, 0.2) is 12.4 Å². The van der Waals surface area contributed by atoms with E-state index in [1.807, 2.05) is 0 Å². The first kappa shape index (κ1) is 14.5. The molecule has 19 heavy (non-hydrogen) atoms. The van der Waals surface area contributed by atoms with Gasteiger partial charge in [-0.25, -0.2) is 21.8 Å². The third-order valence-electron chi connectivity index (χ3n) is 2.79. The summed E-state index contributed by atoms with van der Waals surface area (Å²) in [7, 11) is -6.78. The molecule has 0 amide bonds. The highest BCUT2D eigenvalue weighted by molar-refractivity contribution is 7.94. The summed E-state index contributed by atoms with van der Waals surface area (Å²) >= 11 is 5.61. The zero-order valence-electron chi connectivity index (χ0n) is 9.78. The van der Waals surface area contributed by atoms with Gasteiger partial charge in [0, 0.05) is 0 Å². The molecule has 1 aliphatic heterocycles. The monoisotopic (exact) mass is 325 g/mol. The molecule has 10 heteroatoms. The fourth-order valence-electron chi connectivity index (χ4n) is 1.80. The molecular weight excluding hydrogens is 314 g/mol. The van der Waals surface area contributed by atoms with Gasteiger partial charge in [0.2, 0.25) is 10.0 Å². The lowest BCUT2D eigenvalue weighted by Crippen LogP contribution is -2.36. The number of anilines is 1. The van der Waals surface area contributed by atoms with E-state index in [2.05, 4.69) is 14.7 Å². The molecule has 1 aliphatic rings. The molecule has 1 N–H and O–H groups in total. The van der Waals surface area contributed by atoms with Crippen LogP contribution >= 0.6 is 11.6 Å². The van der Waals surface area contributed by atoms with E-state index in [1.165, 1.54) is 12.4 Å². The lowest BCUT2D eigenvalue weighted by molar-refractivity contribution is 0.555. The lowest BCUT2D eigenvalue weighted by atomic mass is 10.2. The largest absolute Gasteiger partial charge is 0.266 e. The summed E-state index contributed by atoms with van der Waals surface area (Å²) in [6, 6.07) is 0. The number of hydrogen-bond donors (Lipinski definition) is 1. The fourth-order valence-corrected chi connectivity index (χ4v) is 5.15. The minimum atomic E-state index is -3.68. The molecule has 1 aromatic rings. The van der Waals surface area contributed by atoms with Crippen molar-refractivity contribution in [3.05, 3.63) is 17.5 Å². The number of nitrogens with zero attached hydrogens (tertiary/aromatic N) is 2. The Morgan fingerprint density at radius 1 is 1.26 bits per heavy atom. The summed E-state index contributed by atoms with van der Waals surface area (Å²) in [5.41, 5.74) is 0. The molecule has 0 atom stereocenters. The van der Waals surface area contributed by atoms with Crippen LogP contribution < -0.4 is 4.72 Å². The van der Waals surface area contributed by atoms with Crippen LogP contribution in [0.5, 0.6) is 0 Å². The highest BCUT2D eigenvalue weighted by Crippen LogP contribution is 2.21. The molecule has 106 valence electrons. The van der Waals surface area contributed by atoms with Crippen molar-refractivity contribution in [2.24, 2.45) is 0 Å². The first-order valence-corrected chi connectivity index (χ1v) is 9.23. The third kappa shape index (κ3) is 3.77. The second-order valence-electron chi connectivity index (χ2n) is 4.23. The van der Waals surface area contributed by atoms with Gasteiger partial charge in [-0.3, -0.25) is 9.71 Å². The number of rotatable bonds is 3. The maximum Gasteiger partial charge on any atom is 0.236 e. The molecule has 1 saturated heterocycles. The molecular formula is C9H12ClN3O4S2. The van der Waals surface area contributed by atoms with Crippen molar-refractivity contribution in [2.45, 2.75) is 18.1 Å².